The molecule has 2 fully saturated rings. The average molecular weight is 447 g/mol. The highest BCUT2D eigenvalue weighted by molar-refractivity contribution is 5.93. The van der Waals surface area contributed by atoms with Crippen molar-refractivity contribution in [2.24, 2.45) is 0 Å². The number of methoxy groups -OCH3 is 1. The maximum absolute atomic E-state index is 13.1. The van der Waals surface area contributed by atoms with Crippen LogP contribution in [0.1, 0.15) is 18.4 Å². The number of hydrogen-bond donors (Lipinski definition) is 2. The van der Waals surface area contributed by atoms with Gasteiger partial charge in [0.2, 0.25) is 11.8 Å². The van der Waals surface area contributed by atoms with Crippen molar-refractivity contribution in [3.63, 3.8) is 0 Å². The van der Waals surface area contributed by atoms with E-state index in [-0.39, 0.29) is 19.0 Å². The minimum atomic E-state index is -1.19. The van der Waals surface area contributed by atoms with Gasteiger partial charge >= 0.3 is 12.0 Å². The highest BCUT2D eigenvalue weighted by Gasteiger charge is 2.51. The molecular formula is C21H29N5O6. The summed E-state index contributed by atoms with van der Waals surface area (Å²) in [6.45, 7) is 1.02. The van der Waals surface area contributed by atoms with Crippen LogP contribution in [0.3, 0.4) is 0 Å². The number of piperazine rings is 1. The Hall–Kier alpha value is -3.18. The number of rotatable bonds is 8. The lowest BCUT2D eigenvalue weighted by molar-refractivity contribution is -0.188. The third-order valence-corrected chi connectivity index (χ3v) is 5.58. The van der Waals surface area contributed by atoms with E-state index in [1.807, 2.05) is 30.3 Å². The molecule has 4 amide bonds. The third kappa shape index (κ3) is 5.17. The number of likely N-dealkylation sites (N-methyl/N-ethyl adjacent to an activating group) is 1. The Balaban J connectivity index is 1.84. The number of nitrogens with one attached hydrogen (secondary N) is 1. The van der Waals surface area contributed by atoms with Crippen LogP contribution in [0.25, 0.3) is 0 Å². The van der Waals surface area contributed by atoms with Gasteiger partial charge in [-0.1, -0.05) is 30.3 Å². The summed E-state index contributed by atoms with van der Waals surface area (Å²) in [5, 5.41) is 15.1. The van der Waals surface area contributed by atoms with Gasteiger partial charge < -0.3 is 25.0 Å². The number of carboxylic acids is 1. The molecule has 0 spiro atoms. The fourth-order valence-corrected chi connectivity index (χ4v) is 4.13. The van der Waals surface area contributed by atoms with E-state index in [0.717, 1.165) is 5.56 Å². The number of ether oxygens (including phenoxy) is 1. The molecule has 0 saturated carbocycles. The fraction of sp³-hybridized carbons (Fsp3) is 0.524. The summed E-state index contributed by atoms with van der Waals surface area (Å²) in [6.07, 6.45) is -0.773. The molecule has 2 atom stereocenters. The van der Waals surface area contributed by atoms with E-state index in [2.05, 4.69) is 5.32 Å². The normalized spacial score (nSPS) is 21.5. The standard InChI is InChI=1S/C21H29N5O6/c1-23-14-18(27)25-16(11-19(28)29)20(30)24(9-6-10-32-2)13-17(25)26(23)21(31)22-12-15-7-4-3-5-8-15/h3-5,7-8,16-17H,6,9-14H2,1-2H3,(H,22,31)(H,28,29)/t16-,17-/m0/s1. The third-order valence-electron chi connectivity index (χ3n) is 5.58. The van der Waals surface area contributed by atoms with E-state index in [1.165, 1.54) is 19.8 Å². The van der Waals surface area contributed by atoms with Crippen molar-refractivity contribution in [2.45, 2.75) is 31.6 Å². The molecule has 2 aliphatic heterocycles. The zero-order valence-electron chi connectivity index (χ0n) is 18.3. The predicted molar refractivity (Wildman–Crippen MR) is 113 cm³/mol. The second kappa shape index (κ2) is 10.4. The summed E-state index contributed by atoms with van der Waals surface area (Å²) in [4.78, 5) is 53.2. The van der Waals surface area contributed by atoms with E-state index < -0.39 is 36.5 Å². The van der Waals surface area contributed by atoms with Crippen LogP contribution in [0.15, 0.2) is 30.3 Å². The number of hydrazine groups is 1. The Morgan fingerprint density at radius 1 is 1.22 bits per heavy atom. The molecule has 11 nitrogen and oxygen atoms in total. The SMILES string of the molecule is COCCCN1C[C@H]2N(C(=O)CN(C)N2C(=O)NCc2ccccc2)[C@@H](CC(=O)O)C1=O. The van der Waals surface area contributed by atoms with E-state index >= 15 is 0 Å². The van der Waals surface area contributed by atoms with Crippen molar-refractivity contribution >= 4 is 23.8 Å². The Morgan fingerprint density at radius 3 is 2.59 bits per heavy atom. The summed E-state index contributed by atoms with van der Waals surface area (Å²) < 4.78 is 5.05. The first-order valence-corrected chi connectivity index (χ1v) is 10.5. The van der Waals surface area contributed by atoms with Crippen LogP contribution in [0, 0.1) is 0 Å². The quantitative estimate of drug-likeness (QED) is 0.535. The molecule has 2 heterocycles. The van der Waals surface area contributed by atoms with Crippen LogP contribution in [-0.4, -0.2) is 101 Å². The van der Waals surface area contributed by atoms with E-state index in [1.54, 1.807) is 14.2 Å². The molecule has 2 aliphatic rings. The molecule has 0 unspecified atom stereocenters. The monoisotopic (exact) mass is 447 g/mol. The lowest BCUT2D eigenvalue weighted by Gasteiger charge is -2.54. The Bertz CT molecular complexity index is 850. The van der Waals surface area contributed by atoms with Gasteiger partial charge in [0.05, 0.1) is 19.5 Å². The number of carbonyl (C=O) groups is 4. The Kier molecular flexibility index (Phi) is 7.65. The van der Waals surface area contributed by atoms with Gasteiger partial charge in [0.15, 0.2) is 0 Å². The topological polar surface area (TPSA) is 123 Å². The van der Waals surface area contributed by atoms with Gasteiger partial charge in [0, 0.05) is 33.9 Å². The van der Waals surface area contributed by atoms with Crippen molar-refractivity contribution in [3.05, 3.63) is 35.9 Å². The average Bonchev–Trinajstić information content (AvgIpc) is 2.75. The molecule has 0 bridgehead atoms. The largest absolute Gasteiger partial charge is 0.481 e. The number of carboxylic acid groups (broad SMARTS) is 1. The Morgan fingerprint density at radius 2 is 1.94 bits per heavy atom. The number of hydrogen-bond acceptors (Lipinski definition) is 6. The molecular weight excluding hydrogens is 418 g/mol. The zero-order valence-corrected chi connectivity index (χ0v) is 18.3. The first-order chi connectivity index (χ1) is 15.3. The van der Waals surface area contributed by atoms with Gasteiger partial charge in [-0.2, -0.15) is 0 Å². The van der Waals surface area contributed by atoms with Crippen LogP contribution in [0.5, 0.6) is 0 Å². The first kappa shape index (κ1) is 23.5. The second-order valence-electron chi connectivity index (χ2n) is 7.83. The summed E-state index contributed by atoms with van der Waals surface area (Å²) in [5.41, 5.74) is 0.914. The van der Waals surface area contributed by atoms with Crippen molar-refractivity contribution in [1.29, 1.82) is 0 Å². The van der Waals surface area contributed by atoms with Gasteiger partial charge in [-0.05, 0) is 12.0 Å². The summed E-state index contributed by atoms with van der Waals surface area (Å²) in [5.74, 6) is -2.00. The lowest BCUT2D eigenvalue weighted by atomic mass is 10.0. The fourth-order valence-electron chi connectivity index (χ4n) is 4.13. The maximum Gasteiger partial charge on any atom is 0.334 e. The number of nitrogens with zero attached hydrogens (tertiary/aromatic N) is 4. The van der Waals surface area contributed by atoms with Crippen LogP contribution in [0.4, 0.5) is 4.79 Å². The van der Waals surface area contributed by atoms with Crippen molar-refractivity contribution in [3.8, 4) is 0 Å². The molecule has 2 saturated heterocycles. The summed E-state index contributed by atoms with van der Waals surface area (Å²) >= 11 is 0. The van der Waals surface area contributed by atoms with Crippen molar-refractivity contribution in [2.75, 3.05) is 40.4 Å². The molecule has 174 valence electrons. The Labute approximate surface area is 186 Å². The van der Waals surface area contributed by atoms with Crippen LogP contribution >= 0.6 is 0 Å². The minimum Gasteiger partial charge on any atom is -0.481 e. The number of benzene rings is 1. The van der Waals surface area contributed by atoms with Crippen LogP contribution in [0.2, 0.25) is 0 Å². The van der Waals surface area contributed by atoms with Gasteiger partial charge in [0.1, 0.15) is 12.2 Å². The van der Waals surface area contributed by atoms with Gasteiger partial charge in [-0.3, -0.25) is 14.4 Å². The van der Waals surface area contributed by atoms with Crippen molar-refractivity contribution in [1.82, 2.24) is 25.1 Å². The van der Waals surface area contributed by atoms with E-state index in [4.69, 9.17) is 4.74 Å². The molecule has 2 N–H and O–H groups in total. The summed E-state index contributed by atoms with van der Waals surface area (Å²) in [7, 11) is 3.18. The number of fused-ring (bicyclic) bond motifs is 1. The highest BCUT2D eigenvalue weighted by atomic mass is 16.5. The molecule has 0 radical (unpaired) electrons. The van der Waals surface area contributed by atoms with E-state index in [9.17, 15) is 24.3 Å². The van der Waals surface area contributed by atoms with E-state index in [0.29, 0.717) is 26.1 Å². The number of amides is 4. The first-order valence-electron chi connectivity index (χ1n) is 10.5. The zero-order chi connectivity index (χ0) is 23.3. The highest BCUT2D eigenvalue weighted by Crippen LogP contribution is 2.27. The predicted octanol–water partition coefficient (Wildman–Crippen LogP) is -0.0647. The molecule has 1 aromatic rings. The number of urea groups is 1. The molecule has 32 heavy (non-hydrogen) atoms. The molecule has 3 rings (SSSR count). The molecule has 0 aliphatic carbocycles. The van der Waals surface area contributed by atoms with Crippen LogP contribution < -0.4 is 5.32 Å². The minimum absolute atomic E-state index is 0.0908. The maximum atomic E-state index is 13.1. The molecule has 0 aromatic heterocycles. The second-order valence-corrected chi connectivity index (χ2v) is 7.83. The van der Waals surface area contributed by atoms with Gasteiger partial charge in [0.25, 0.3) is 0 Å². The summed E-state index contributed by atoms with van der Waals surface area (Å²) in [6, 6.07) is 7.79. The molecule has 1 aromatic carbocycles. The smallest absolute Gasteiger partial charge is 0.334 e. The van der Waals surface area contributed by atoms with Crippen molar-refractivity contribution < 1.29 is 29.0 Å². The number of carbonyl (C=O) groups excluding carboxylic acids is 3. The number of aliphatic carboxylic acids is 1. The molecule has 11 heteroatoms. The van der Waals surface area contributed by atoms with Crippen LogP contribution in [-0.2, 0) is 25.7 Å². The van der Waals surface area contributed by atoms with Gasteiger partial charge in [-0.25, -0.2) is 14.8 Å². The van der Waals surface area contributed by atoms with Gasteiger partial charge in [-0.15, -0.1) is 0 Å². The lowest BCUT2D eigenvalue weighted by Crippen LogP contribution is -2.76.